The molecule has 3 aliphatic rings. The van der Waals surface area contributed by atoms with Crippen molar-refractivity contribution < 1.29 is 18.7 Å². The zero-order valence-electron chi connectivity index (χ0n) is 21.4. The minimum absolute atomic E-state index is 0.123. The number of amides is 2. The van der Waals surface area contributed by atoms with Crippen LogP contribution in [0.4, 0.5) is 0 Å². The number of hydrogen-bond donors (Lipinski definition) is 1. The highest BCUT2D eigenvalue weighted by Gasteiger charge is 2.36. The van der Waals surface area contributed by atoms with Crippen molar-refractivity contribution in [3.8, 4) is 5.75 Å². The van der Waals surface area contributed by atoms with Crippen molar-refractivity contribution in [2.45, 2.75) is 70.6 Å². The summed E-state index contributed by atoms with van der Waals surface area (Å²) in [4.78, 5) is 28.0. The van der Waals surface area contributed by atoms with Crippen molar-refractivity contribution >= 4 is 11.8 Å². The largest absolute Gasteiger partial charge is 0.486 e. The van der Waals surface area contributed by atoms with Crippen LogP contribution in [0.3, 0.4) is 0 Å². The summed E-state index contributed by atoms with van der Waals surface area (Å²) in [5.74, 6) is 1.90. The smallest absolute Gasteiger partial charge is 0.287 e. The maximum atomic E-state index is 13.6. The third-order valence-corrected chi connectivity index (χ3v) is 7.91. The minimum atomic E-state index is -0.171. The fraction of sp³-hybridized carbons (Fsp3) is 0.419. The van der Waals surface area contributed by atoms with E-state index in [2.05, 4.69) is 53.5 Å². The molecular formula is C31H34N2O4. The van der Waals surface area contributed by atoms with Gasteiger partial charge in [-0.15, -0.1) is 0 Å². The number of carbonyl (C=O) groups excluding carboxylic acids is 2. The molecule has 0 unspecified atom stereocenters. The van der Waals surface area contributed by atoms with Crippen LogP contribution in [-0.2, 0) is 17.8 Å². The zero-order valence-corrected chi connectivity index (χ0v) is 21.4. The lowest BCUT2D eigenvalue weighted by Crippen LogP contribution is -2.43. The number of carbonyl (C=O) groups is 2. The lowest BCUT2D eigenvalue weighted by atomic mass is 9.86. The first-order valence-corrected chi connectivity index (χ1v) is 13.6. The number of nitrogens with zero attached hydrogens (tertiary/aromatic N) is 1. The number of benzene rings is 2. The summed E-state index contributed by atoms with van der Waals surface area (Å²) in [6, 6.07) is 18.4. The molecule has 1 N–H and O–H groups in total. The number of nitrogens with one attached hydrogen (secondary N) is 1. The predicted molar refractivity (Wildman–Crippen MR) is 140 cm³/mol. The first kappa shape index (κ1) is 23.8. The van der Waals surface area contributed by atoms with Gasteiger partial charge in [-0.25, -0.2) is 0 Å². The molecule has 3 aromatic rings. The van der Waals surface area contributed by atoms with Gasteiger partial charge in [-0.3, -0.25) is 9.59 Å². The average Bonchev–Trinajstić information content (AvgIpc) is 3.35. The summed E-state index contributed by atoms with van der Waals surface area (Å²) in [5.41, 5.74) is 4.72. The van der Waals surface area contributed by atoms with Crippen LogP contribution < -0.4 is 10.1 Å². The van der Waals surface area contributed by atoms with Crippen molar-refractivity contribution in [1.82, 2.24) is 10.2 Å². The monoisotopic (exact) mass is 498 g/mol. The van der Waals surface area contributed by atoms with Gasteiger partial charge in [-0.05, 0) is 80.0 Å². The number of fused-ring (bicyclic) bond motifs is 1. The number of aryl methyl sites for hydroxylation is 1. The Morgan fingerprint density at radius 2 is 1.78 bits per heavy atom. The SMILES string of the molecule is Cc1ccc([C@H]2c3cc(OCc4ccc(C(=O)NC5CC5)o4)ccc3CCN2C(=O)C2CCCC2)cc1. The lowest BCUT2D eigenvalue weighted by Gasteiger charge is -2.39. The van der Waals surface area contributed by atoms with Crippen molar-refractivity contribution in [3.63, 3.8) is 0 Å². The second-order valence-corrected chi connectivity index (χ2v) is 10.7. The molecule has 2 aromatic carbocycles. The molecule has 192 valence electrons. The van der Waals surface area contributed by atoms with Crippen molar-refractivity contribution in [1.29, 1.82) is 0 Å². The van der Waals surface area contributed by atoms with E-state index in [1.165, 1.54) is 11.1 Å². The van der Waals surface area contributed by atoms with E-state index < -0.39 is 0 Å². The second kappa shape index (κ2) is 10.1. The van der Waals surface area contributed by atoms with Gasteiger partial charge < -0.3 is 19.4 Å². The number of hydrogen-bond acceptors (Lipinski definition) is 4. The predicted octanol–water partition coefficient (Wildman–Crippen LogP) is 5.72. The molecule has 2 fully saturated rings. The molecule has 37 heavy (non-hydrogen) atoms. The molecule has 6 rings (SSSR count). The van der Waals surface area contributed by atoms with Crippen LogP contribution in [0.2, 0.25) is 0 Å². The number of ether oxygens (including phenoxy) is 1. The van der Waals surface area contributed by atoms with E-state index >= 15 is 0 Å². The molecule has 1 atom stereocenters. The standard InChI is InChI=1S/C31H34N2O4/c1-20-6-8-22(9-7-20)29-27-18-25(36-19-26-14-15-28(37-26)30(34)32-24-11-12-24)13-10-21(27)16-17-33(29)31(35)23-4-2-3-5-23/h6-10,13-15,18,23-24,29H,2-5,11-12,16-17,19H2,1H3,(H,32,34)/t29-/m0/s1. The Balaban J connectivity index is 1.24. The number of rotatable bonds is 7. The molecule has 2 aliphatic carbocycles. The molecule has 1 aromatic heterocycles. The van der Waals surface area contributed by atoms with Gasteiger partial charge in [-0.2, -0.15) is 0 Å². The van der Waals surface area contributed by atoms with Gasteiger partial charge in [0, 0.05) is 18.5 Å². The highest BCUT2D eigenvalue weighted by Crippen LogP contribution is 2.40. The van der Waals surface area contributed by atoms with Crippen LogP contribution in [0.5, 0.6) is 5.75 Å². The third-order valence-electron chi connectivity index (χ3n) is 7.91. The Morgan fingerprint density at radius 3 is 2.54 bits per heavy atom. The molecule has 2 amide bonds. The second-order valence-electron chi connectivity index (χ2n) is 10.7. The molecule has 6 nitrogen and oxygen atoms in total. The Morgan fingerprint density at radius 1 is 1.00 bits per heavy atom. The van der Waals surface area contributed by atoms with E-state index in [4.69, 9.17) is 9.15 Å². The number of furan rings is 1. The Kier molecular flexibility index (Phi) is 6.49. The Hall–Kier alpha value is -3.54. The Labute approximate surface area is 218 Å². The maximum absolute atomic E-state index is 13.6. The first-order chi connectivity index (χ1) is 18.0. The van der Waals surface area contributed by atoms with Gasteiger partial charge >= 0.3 is 0 Å². The maximum Gasteiger partial charge on any atom is 0.287 e. The van der Waals surface area contributed by atoms with Crippen LogP contribution in [0, 0.1) is 12.8 Å². The van der Waals surface area contributed by atoms with Crippen LogP contribution in [0.25, 0.3) is 0 Å². The minimum Gasteiger partial charge on any atom is -0.486 e. The average molecular weight is 499 g/mol. The molecule has 0 spiro atoms. The van der Waals surface area contributed by atoms with Gasteiger partial charge in [0.05, 0.1) is 6.04 Å². The molecule has 0 radical (unpaired) electrons. The summed E-state index contributed by atoms with van der Waals surface area (Å²) in [6.07, 6.45) is 7.19. The molecule has 2 heterocycles. The molecule has 2 saturated carbocycles. The molecular weight excluding hydrogens is 464 g/mol. The van der Waals surface area contributed by atoms with Gasteiger partial charge in [0.25, 0.3) is 5.91 Å². The molecule has 0 bridgehead atoms. The lowest BCUT2D eigenvalue weighted by molar-refractivity contribution is -0.137. The Bertz CT molecular complexity index is 1280. The van der Waals surface area contributed by atoms with Crippen LogP contribution in [-0.4, -0.2) is 29.3 Å². The van der Waals surface area contributed by atoms with Crippen LogP contribution in [0.15, 0.2) is 59.0 Å². The van der Waals surface area contributed by atoms with E-state index in [1.54, 1.807) is 12.1 Å². The highest BCUT2D eigenvalue weighted by molar-refractivity contribution is 5.91. The summed E-state index contributed by atoms with van der Waals surface area (Å²) < 4.78 is 11.8. The summed E-state index contributed by atoms with van der Waals surface area (Å²) >= 11 is 0. The fourth-order valence-electron chi connectivity index (χ4n) is 5.65. The summed E-state index contributed by atoms with van der Waals surface area (Å²) in [5, 5.41) is 2.94. The zero-order chi connectivity index (χ0) is 25.4. The fourth-order valence-corrected chi connectivity index (χ4v) is 5.65. The van der Waals surface area contributed by atoms with E-state index in [1.807, 2.05) is 6.07 Å². The van der Waals surface area contributed by atoms with Crippen molar-refractivity contribution in [2.24, 2.45) is 5.92 Å². The first-order valence-electron chi connectivity index (χ1n) is 13.6. The van der Waals surface area contributed by atoms with E-state index in [0.29, 0.717) is 11.5 Å². The van der Waals surface area contributed by atoms with Gasteiger partial charge in [0.15, 0.2) is 5.76 Å². The molecule has 1 aliphatic heterocycles. The van der Waals surface area contributed by atoms with E-state index in [-0.39, 0.29) is 36.4 Å². The van der Waals surface area contributed by atoms with Gasteiger partial charge in [0.2, 0.25) is 5.91 Å². The van der Waals surface area contributed by atoms with Gasteiger partial charge in [0.1, 0.15) is 18.1 Å². The normalized spacial score (nSPS) is 19.5. The van der Waals surface area contributed by atoms with Crippen molar-refractivity contribution in [3.05, 3.63) is 88.4 Å². The molecule has 0 saturated heterocycles. The topological polar surface area (TPSA) is 71.8 Å². The van der Waals surface area contributed by atoms with E-state index in [0.717, 1.165) is 68.4 Å². The van der Waals surface area contributed by atoms with Gasteiger partial charge in [-0.1, -0.05) is 48.7 Å². The van der Waals surface area contributed by atoms with Crippen LogP contribution in [0.1, 0.15) is 83.1 Å². The molecule has 6 heteroatoms. The highest BCUT2D eigenvalue weighted by atomic mass is 16.5. The third kappa shape index (κ3) is 5.15. The van der Waals surface area contributed by atoms with Crippen LogP contribution >= 0.6 is 0 Å². The van der Waals surface area contributed by atoms with Crippen molar-refractivity contribution in [2.75, 3.05) is 6.54 Å². The van der Waals surface area contributed by atoms with E-state index in [9.17, 15) is 9.59 Å². The summed E-state index contributed by atoms with van der Waals surface area (Å²) in [6.45, 7) is 3.05. The summed E-state index contributed by atoms with van der Waals surface area (Å²) in [7, 11) is 0. The quantitative estimate of drug-likeness (QED) is 0.452.